The molecule has 178 valence electrons. The average molecular weight is 466 g/mol. The van der Waals surface area contributed by atoms with Gasteiger partial charge in [-0.2, -0.15) is 0 Å². The van der Waals surface area contributed by atoms with Gasteiger partial charge < -0.3 is 24.6 Å². The lowest BCUT2D eigenvalue weighted by molar-refractivity contribution is -0.202. The summed E-state index contributed by atoms with van der Waals surface area (Å²) in [7, 11) is 6.00. The van der Waals surface area contributed by atoms with Gasteiger partial charge in [0.25, 0.3) is 0 Å². The second-order valence-electron chi connectivity index (χ2n) is 9.44. The second kappa shape index (κ2) is 10.1. The number of imide groups is 1. The van der Waals surface area contributed by atoms with Gasteiger partial charge in [-0.3, -0.25) is 9.69 Å². The SMILES string of the molecule is CN(C)CCNC(=O)N(Cc1nccs1)C(=O)C1C[C@@H]2CC3(CC[C@H]2N(C)C1)OCCO3. The van der Waals surface area contributed by atoms with Crippen molar-refractivity contribution in [2.45, 2.75) is 44.1 Å². The summed E-state index contributed by atoms with van der Waals surface area (Å²) in [5.74, 6) is -0.525. The summed E-state index contributed by atoms with van der Waals surface area (Å²) in [6, 6.07) is 0.0817. The van der Waals surface area contributed by atoms with Gasteiger partial charge in [-0.25, -0.2) is 9.78 Å². The minimum atomic E-state index is -0.475. The maximum atomic E-state index is 13.6. The first-order valence-electron chi connectivity index (χ1n) is 11.5. The van der Waals surface area contributed by atoms with Crippen LogP contribution in [0.2, 0.25) is 0 Å². The highest BCUT2D eigenvalue weighted by molar-refractivity contribution is 7.09. The number of rotatable bonds is 6. The number of nitrogens with zero attached hydrogens (tertiary/aromatic N) is 4. The van der Waals surface area contributed by atoms with Crippen LogP contribution in [-0.2, 0) is 20.8 Å². The van der Waals surface area contributed by atoms with Crippen molar-refractivity contribution in [2.75, 3.05) is 54.0 Å². The van der Waals surface area contributed by atoms with Crippen LogP contribution in [0.1, 0.15) is 30.7 Å². The van der Waals surface area contributed by atoms with Gasteiger partial charge in [0, 0.05) is 50.1 Å². The van der Waals surface area contributed by atoms with Crippen molar-refractivity contribution in [2.24, 2.45) is 11.8 Å². The summed E-state index contributed by atoms with van der Waals surface area (Å²) < 4.78 is 11.9. The summed E-state index contributed by atoms with van der Waals surface area (Å²) in [5, 5.41) is 5.52. The number of fused-ring (bicyclic) bond motifs is 1. The molecule has 0 aromatic carbocycles. The van der Waals surface area contributed by atoms with Crippen LogP contribution < -0.4 is 5.32 Å². The molecule has 0 radical (unpaired) electrons. The lowest BCUT2D eigenvalue weighted by Crippen LogP contribution is -2.57. The summed E-state index contributed by atoms with van der Waals surface area (Å²) >= 11 is 1.46. The molecule has 1 spiro atoms. The number of piperidine rings is 1. The maximum absolute atomic E-state index is 13.6. The molecular weight excluding hydrogens is 430 g/mol. The number of hydrogen-bond acceptors (Lipinski definition) is 8. The number of nitrogens with one attached hydrogen (secondary N) is 1. The zero-order valence-electron chi connectivity index (χ0n) is 19.3. The first-order chi connectivity index (χ1) is 15.4. The molecule has 2 saturated heterocycles. The quantitative estimate of drug-likeness (QED) is 0.683. The molecule has 3 atom stereocenters. The molecule has 4 rings (SSSR count). The molecule has 3 fully saturated rings. The van der Waals surface area contributed by atoms with Gasteiger partial charge in [0.05, 0.1) is 25.7 Å². The molecule has 1 aliphatic carbocycles. The van der Waals surface area contributed by atoms with Crippen molar-refractivity contribution in [1.29, 1.82) is 0 Å². The van der Waals surface area contributed by atoms with Gasteiger partial charge in [-0.05, 0) is 39.9 Å². The van der Waals surface area contributed by atoms with E-state index in [1.165, 1.54) is 16.2 Å². The van der Waals surface area contributed by atoms with Crippen LogP contribution in [0, 0.1) is 11.8 Å². The van der Waals surface area contributed by atoms with E-state index in [2.05, 4.69) is 22.2 Å². The van der Waals surface area contributed by atoms with Crippen LogP contribution in [-0.4, -0.2) is 97.4 Å². The fourth-order valence-corrected chi connectivity index (χ4v) is 5.95. The summed E-state index contributed by atoms with van der Waals surface area (Å²) in [5.41, 5.74) is 0. The minimum absolute atomic E-state index is 0.124. The van der Waals surface area contributed by atoms with Gasteiger partial charge in [0.1, 0.15) is 5.01 Å². The van der Waals surface area contributed by atoms with Crippen LogP contribution in [0.25, 0.3) is 0 Å². The molecule has 32 heavy (non-hydrogen) atoms. The fourth-order valence-electron chi connectivity index (χ4n) is 5.34. The average Bonchev–Trinajstić information content (AvgIpc) is 3.43. The third-order valence-corrected chi connectivity index (χ3v) is 7.65. The van der Waals surface area contributed by atoms with Gasteiger partial charge >= 0.3 is 6.03 Å². The molecule has 0 bridgehead atoms. The number of likely N-dealkylation sites (tertiary alicyclic amines) is 1. The Morgan fingerprint density at radius 2 is 2.12 bits per heavy atom. The van der Waals surface area contributed by atoms with E-state index >= 15 is 0 Å². The second-order valence-corrected chi connectivity index (χ2v) is 10.4. The first kappa shape index (κ1) is 23.6. The van der Waals surface area contributed by atoms with Crippen LogP contribution >= 0.6 is 11.3 Å². The molecule has 10 heteroatoms. The van der Waals surface area contributed by atoms with E-state index in [1.807, 2.05) is 24.4 Å². The number of carbonyl (C=O) groups excluding carboxylic acids is 2. The molecule has 3 amide bonds. The highest BCUT2D eigenvalue weighted by Crippen LogP contribution is 2.45. The highest BCUT2D eigenvalue weighted by Gasteiger charge is 2.49. The van der Waals surface area contributed by atoms with Gasteiger partial charge in [0.15, 0.2) is 5.79 Å². The third kappa shape index (κ3) is 5.31. The topological polar surface area (TPSA) is 87.2 Å². The fraction of sp³-hybridized carbons (Fsp3) is 0.773. The monoisotopic (exact) mass is 465 g/mol. The first-order valence-corrected chi connectivity index (χ1v) is 12.4. The molecule has 1 aromatic heterocycles. The van der Waals surface area contributed by atoms with E-state index in [0.29, 0.717) is 44.8 Å². The zero-order valence-corrected chi connectivity index (χ0v) is 20.1. The smallest absolute Gasteiger partial charge is 0.324 e. The van der Waals surface area contributed by atoms with Crippen LogP contribution in [0.5, 0.6) is 0 Å². The van der Waals surface area contributed by atoms with Gasteiger partial charge in [0.2, 0.25) is 5.91 Å². The lowest BCUT2D eigenvalue weighted by atomic mass is 9.72. The summed E-state index contributed by atoms with van der Waals surface area (Å²) in [6.07, 6.45) is 5.18. The molecule has 2 aliphatic heterocycles. The maximum Gasteiger partial charge on any atom is 0.324 e. The molecule has 9 nitrogen and oxygen atoms in total. The molecule has 1 N–H and O–H groups in total. The van der Waals surface area contributed by atoms with Crippen molar-refractivity contribution in [3.8, 4) is 0 Å². The largest absolute Gasteiger partial charge is 0.348 e. The number of thiazole rings is 1. The number of hydrogen-bond donors (Lipinski definition) is 1. The van der Waals surface area contributed by atoms with Crippen molar-refractivity contribution >= 4 is 23.3 Å². The van der Waals surface area contributed by atoms with E-state index in [1.54, 1.807) is 6.20 Å². The Kier molecular flexibility index (Phi) is 7.46. The highest BCUT2D eigenvalue weighted by atomic mass is 32.1. The Bertz CT molecular complexity index is 783. The summed E-state index contributed by atoms with van der Waals surface area (Å²) in [4.78, 5) is 36.6. The lowest BCUT2D eigenvalue weighted by Gasteiger charge is -2.49. The number of urea groups is 1. The zero-order chi connectivity index (χ0) is 22.7. The van der Waals surface area contributed by atoms with E-state index in [0.717, 1.165) is 30.7 Å². The van der Waals surface area contributed by atoms with Crippen LogP contribution in [0.4, 0.5) is 4.79 Å². The molecule has 1 aromatic rings. The molecule has 1 unspecified atom stereocenters. The van der Waals surface area contributed by atoms with Crippen molar-refractivity contribution in [3.05, 3.63) is 16.6 Å². The Labute approximate surface area is 194 Å². The van der Waals surface area contributed by atoms with Crippen molar-refractivity contribution in [1.82, 2.24) is 25.0 Å². The predicted molar refractivity (Wildman–Crippen MR) is 121 cm³/mol. The summed E-state index contributed by atoms with van der Waals surface area (Å²) in [6.45, 7) is 3.35. The molecule has 3 heterocycles. The van der Waals surface area contributed by atoms with Crippen LogP contribution in [0.15, 0.2) is 11.6 Å². The number of aromatic nitrogens is 1. The Hall–Kier alpha value is -1.59. The number of amides is 3. The van der Waals surface area contributed by atoms with Gasteiger partial charge in [-0.1, -0.05) is 0 Å². The van der Waals surface area contributed by atoms with Gasteiger partial charge in [-0.15, -0.1) is 11.3 Å². The Morgan fingerprint density at radius 3 is 2.81 bits per heavy atom. The standard InChI is InChI=1S/C22H35N5O4S/c1-25(2)8-6-24-21(29)27(15-19-23-7-11-32-19)20(28)17-12-16-13-22(30-9-10-31-22)5-4-18(16)26(3)14-17/h7,11,16-18H,4-6,8-10,12-15H2,1-3H3,(H,24,29)/t16-,17?,18-/m1/s1. The normalized spacial score (nSPS) is 27.4. The van der Waals surface area contributed by atoms with E-state index < -0.39 is 5.79 Å². The minimum Gasteiger partial charge on any atom is -0.348 e. The van der Waals surface area contributed by atoms with Crippen molar-refractivity contribution < 1.29 is 19.1 Å². The Morgan fingerprint density at radius 1 is 1.34 bits per heavy atom. The van der Waals surface area contributed by atoms with Crippen molar-refractivity contribution in [3.63, 3.8) is 0 Å². The van der Waals surface area contributed by atoms with E-state index in [-0.39, 0.29) is 24.4 Å². The number of carbonyl (C=O) groups is 2. The third-order valence-electron chi connectivity index (χ3n) is 6.89. The van der Waals surface area contributed by atoms with E-state index in [9.17, 15) is 9.59 Å². The number of ether oxygens (including phenoxy) is 2. The van der Waals surface area contributed by atoms with Crippen LogP contribution in [0.3, 0.4) is 0 Å². The Balaban J connectivity index is 1.46. The molecule has 3 aliphatic rings. The van der Waals surface area contributed by atoms with E-state index in [4.69, 9.17) is 9.47 Å². The predicted octanol–water partition coefficient (Wildman–Crippen LogP) is 1.61. The molecule has 1 saturated carbocycles. The number of likely N-dealkylation sites (N-methyl/N-ethyl adjacent to an activating group) is 1. The molecular formula is C22H35N5O4S.